The second kappa shape index (κ2) is 8.67. The van der Waals surface area contributed by atoms with Crippen molar-refractivity contribution in [3.63, 3.8) is 0 Å². The molecule has 21 heavy (non-hydrogen) atoms. The van der Waals surface area contributed by atoms with E-state index >= 15 is 0 Å². The molecule has 0 unspecified atom stereocenters. The molecule has 1 saturated heterocycles. The van der Waals surface area contributed by atoms with E-state index in [-0.39, 0.29) is 5.60 Å². The maximum Gasteiger partial charge on any atom is 0.293 e. The molecule has 1 aliphatic rings. The van der Waals surface area contributed by atoms with E-state index in [1.807, 2.05) is 31.6 Å². The van der Waals surface area contributed by atoms with Crippen LogP contribution in [0.4, 0.5) is 5.69 Å². The van der Waals surface area contributed by atoms with Crippen molar-refractivity contribution in [2.75, 3.05) is 13.1 Å². The third kappa shape index (κ3) is 7.13. The first-order valence-corrected chi connectivity index (χ1v) is 7.31. The van der Waals surface area contributed by atoms with Crippen molar-refractivity contribution >= 4 is 29.5 Å². The lowest BCUT2D eigenvalue weighted by Crippen LogP contribution is -2.29. The fourth-order valence-electron chi connectivity index (χ4n) is 1.85. The number of rotatable bonds is 3. The number of aliphatic imine (C=N–C) groups is 1. The highest BCUT2D eigenvalue weighted by atomic mass is 32.1. The number of thiocarbonyl (C=S) groups is 1. The summed E-state index contributed by atoms with van der Waals surface area (Å²) in [5, 5.41) is 9.93. The molecule has 0 bridgehead atoms. The number of carbonyl (C=O) groups excluding carboxylic acids is 1. The normalized spacial score (nSPS) is 15.4. The number of piperidine rings is 1. The minimum Gasteiger partial charge on any atom is -0.462 e. The predicted octanol–water partition coefficient (Wildman–Crippen LogP) is 2.50. The Bertz CT molecular complexity index is 483. The number of carbonyl (C=O) groups is 1. The molecule has 0 aliphatic carbocycles. The lowest BCUT2D eigenvalue weighted by Gasteiger charge is -2.22. The van der Waals surface area contributed by atoms with Gasteiger partial charge in [-0.1, -0.05) is 0 Å². The fraction of sp³-hybridized carbons (Fsp3) is 0.643. The molecule has 0 radical (unpaired) electrons. The van der Waals surface area contributed by atoms with Gasteiger partial charge in [0.1, 0.15) is 11.3 Å². The average molecular weight is 310 g/mol. The Kier molecular flexibility index (Phi) is 7.22. The lowest BCUT2D eigenvalue weighted by atomic mass is 10.1. The van der Waals surface area contributed by atoms with Crippen LogP contribution in [0.15, 0.2) is 17.4 Å². The second-order valence-electron chi connectivity index (χ2n) is 5.69. The summed E-state index contributed by atoms with van der Waals surface area (Å²) in [5.41, 5.74) is 0.473. The minimum absolute atomic E-state index is 0.318. The topological polar surface area (TPSA) is 68.5 Å². The van der Waals surface area contributed by atoms with Crippen molar-refractivity contribution in [3.8, 4) is 0 Å². The zero-order valence-corrected chi connectivity index (χ0v) is 13.5. The monoisotopic (exact) mass is 310 g/mol. The highest BCUT2D eigenvalue weighted by molar-refractivity contribution is 7.78. The molecule has 2 heterocycles. The highest BCUT2D eigenvalue weighted by Gasteiger charge is 2.15. The van der Waals surface area contributed by atoms with Gasteiger partial charge >= 0.3 is 0 Å². The smallest absolute Gasteiger partial charge is 0.293 e. The second-order valence-corrected chi connectivity index (χ2v) is 5.87. The Morgan fingerprint density at radius 2 is 2.19 bits per heavy atom. The first-order valence-electron chi connectivity index (χ1n) is 6.90. The number of hydrogen-bond donors (Lipinski definition) is 1. The van der Waals surface area contributed by atoms with Crippen molar-refractivity contribution < 1.29 is 9.53 Å². The van der Waals surface area contributed by atoms with Crippen LogP contribution in [0.25, 0.3) is 0 Å². The molecule has 0 saturated carbocycles. The maximum absolute atomic E-state index is 9.60. The number of isothiocyanates is 1. The van der Waals surface area contributed by atoms with E-state index in [9.17, 15) is 4.79 Å². The third-order valence-corrected chi connectivity index (χ3v) is 2.94. The van der Waals surface area contributed by atoms with Crippen LogP contribution in [-0.2, 0) is 9.53 Å². The van der Waals surface area contributed by atoms with Crippen LogP contribution in [0.2, 0.25) is 0 Å². The number of ether oxygens (including phenoxy) is 1. The van der Waals surface area contributed by atoms with Crippen LogP contribution in [-0.4, -0.2) is 40.1 Å². The molecule has 1 aromatic heterocycles. The average Bonchev–Trinajstić information content (AvgIpc) is 2.88. The van der Waals surface area contributed by atoms with Gasteiger partial charge in [0.2, 0.25) is 0 Å². The van der Waals surface area contributed by atoms with Crippen molar-refractivity contribution in [2.24, 2.45) is 4.99 Å². The molecule has 116 valence electrons. The molecule has 1 N–H and O–H groups in total. The highest BCUT2D eigenvalue weighted by Crippen LogP contribution is 2.20. The molecule has 0 amide bonds. The summed E-state index contributed by atoms with van der Waals surface area (Å²) in [7, 11) is 0. The van der Waals surface area contributed by atoms with Gasteiger partial charge in [0, 0.05) is 0 Å². The van der Waals surface area contributed by atoms with Gasteiger partial charge in [-0.05, 0) is 58.9 Å². The van der Waals surface area contributed by atoms with Crippen molar-refractivity contribution in [2.45, 2.75) is 45.3 Å². The lowest BCUT2D eigenvalue weighted by molar-refractivity contribution is -0.138. The molecule has 7 heteroatoms. The Balaban J connectivity index is 0.000000270. The van der Waals surface area contributed by atoms with Gasteiger partial charge < -0.3 is 10.1 Å². The zero-order valence-electron chi connectivity index (χ0n) is 12.7. The summed E-state index contributed by atoms with van der Waals surface area (Å²) in [6.45, 7) is 8.05. The minimum atomic E-state index is -0.318. The van der Waals surface area contributed by atoms with Crippen LogP contribution in [0.1, 0.15) is 39.7 Å². The molecule has 6 nitrogen and oxygen atoms in total. The summed E-state index contributed by atoms with van der Waals surface area (Å²) in [5.74, 6) is 0. The molecule has 1 fully saturated rings. The first kappa shape index (κ1) is 17.5. The molecule has 1 aliphatic heterocycles. The van der Waals surface area contributed by atoms with Gasteiger partial charge in [0.15, 0.2) is 0 Å². The molecule has 0 aromatic carbocycles. The van der Waals surface area contributed by atoms with Gasteiger partial charge in [-0.15, -0.1) is 0 Å². The number of nitrogens with one attached hydrogen (secondary N) is 1. The van der Waals surface area contributed by atoms with E-state index in [0.717, 1.165) is 31.6 Å². The van der Waals surface area contributed by atoms with E-state index in [4.69, 9.17) is 0 Å². The van der Waals surface area contributed by atoms with Gasteiger partial charge in [0.25, 0.3) is 6.47 Å². The number of hydrogen-bond acceptors (Lipinski definition) is 6. The molecule has 2 rings (SSSR count). The number of aromatic nitrogens is 2. The van der Waals surface area contributed by atoms with Crippen LogP contribution in [0.3, 0.4) is 0 Å². The molecular weight excluding hydrogens is 288 g/mol. The SMILES string of the molecule is CC(C)(C)OC=O.S=C=Nc1cnn(C2CCNCC2)c1. The quantitative estimate of drug-likeness (QED) is 0.528. The zero-order chi connectivity index (χ0) is 15.7. The Hall–Kier alpha value is -1.56. The molecule has 0 atom stereocenters. The molecule has 0 spiro atoms. The largest absolute Gasteiger partial charge is 0.462 e. The van der Waals surface area contributed by atoms with Gasteiger partial charge in [-0.3, -0.25) is 9.48 Å². The Labute approximate surface area is 130 Å². The summed E-state index contributed by atoms with van der Waals surface area (Å²) in [4.78, 5) is 13.5. The molecule has 1 aromatic rings. The summed E-state index contributed by atoms with van der Waals surface area (Å²) in [6, 6.07) is 0.505. The van der Waals surface area contributed by atoms with Crippen LogP contribution in [0.5, 0.6) is 0 Å². The van der Waals surface area contributed by atoms with Crippen molar-refractivity contribution in [1.29, 1.82) is 0 Å². The van der Waals surface area contributed by atoms with E-state index in [0.29, 0.717) is 12.5 Å². The predicted molar refractivity (Wildman–Crippen MR) is 85.0 cm³/mol. The maximum atomic E-state index is 9.60. The first-order chi connectivity index (χ1) is 9.96. The van der Waals surface area contributed by atoms with Crippen LogP contribution >= 0.6 is 12.2 Å². The van der Waals surface area contributed by atoms with Crippen LogP contribution < -0.4 is 5.32 Å². The van der Waals surface area contributed by atoms with Gasteiger partial charge in [-0.25, -0.2) is 0 Å². The summed E-state index contributed by atoms with van der Waals surface area (Å²) < 4.78 is 6.53. The number of nitrogens with zero attached hydrogens (tertiary/aromatic N) is 3. The standard InChI is InChI=1S/C9H12N4S.C5H10O2/c14-7-11-8-5-12-13(6-8)9-1-3-10-4-2-9;1-5(2,3)7-4-6/h5-6,9-10H,1-4H2;4H,1-3H3. The van der Waals surface area contributed by atoms with Crippen LogP contribution in [0, 0.1) is 0 Å². The van der Waals surface area contributed by atoms with E-state index < -0.39 is 0 Å². The van der Waals surface area contributed by atoms with Crippen molar-refractivity contribution in [3.05, 3.63) is 12.4 Å². The summed E-state index contributed by atoms with van der Waals surface area (Å²) >= 11 is 4.54. The van der Waals surface area contributed by atoms with Crippen molar-refractivity contribution in [1.82, 2.24) is 15.1 Å². The third-order valence-electron chi connectivity index (χ3n) is 2.85. The fourth-order valence-corrected chi connectivity index (χ4v) is 1.96. The molecular formula is C14H22N4O2S. The summed E-state index contributed by atoms with van der Waals surface area (Å²) in [6.07, 6.45) is 5.90. The van der Waals surface area contributed by atoms with Gasteiger partial charge in [-0.2, -0.15) is 10.1 Å². The van der Waals surface area contributed by atoms with Gasteiger partial charge in [0.05, 0.1) is 23.6 Å². The van der Waals surface area contributed by atoms with E-state index in [2.05, 4.69) is 37.5 Å². The van der Waals surface area contributed by atoms with E-state index in [1.54, 1.807) is 6.20 Å². The Morgan fingerprint density at radius 1 is 1.52 bits per heavy atom. The van der Waals surface area contributed by atoms with E-state index in [1.165, 1.54) is 0 Å². The Morgan fingerprint density at radius 3 is 2.67 bits per heavy atom.